The van der Waals surface area contributed by atoms with Crippen LogP contribution in [0.15, 0.2) is 66.3 Å². The number of aryl methyl sites for hydroxylation is 2. The van der Waals surface area contributed by atoms with E-state index in [0.717, 1.165) is 42.5 Å². The standard InChI is InChI=1S/C24H24FN7O.C5H8N4/c1-16-14-30(15-27-16)23-21(33-3)12-18(13-26-23)4-9-22-28-24-31(29-22)11-10-17(2)32(24)20-7-5-19(25)6-8-20;1-2-6-5-7-4-8-9(5)3-1/h4-9,12-15,17H,10-11H2,1-3H3;1-3,5,7-8H,4H2/b9-4+;/t17-;/m0./s1. The smallest absolute Gasteiger partial charge is 0.229 e. The van der Waals surface area contributed by atoms with E-state index in [1.165, 1.54) is 12.1 Å². The Morgan fingerprint density at radius 1 is 1.14 bits per heavy atom. The van der Waals surface area contributed by atoms with Crippen LogP contribution in [0.4, 0.5) is 16.0 Å². The molecule has 4 aromatic rings. The highest BCUT2D eigenvalue weighted by Crippen LogP contribution is 2.32. The summed E-state index contributed by atoms with van der Waals surface area (Å²) in [4.78, 5) is 19.8. The van der Waals surface area contributed by atoms with Crippen LogP contribution in [0.2, 0.25) is 0 Å². The first-order valence-electron chi connectivity index (χ1n) is 13.7. The summed E-state index contributed by atoms with van der Waals surface area (Å²) in [5.41, 5.74) is 5.74. The Hall–Kier alpha value is -4.88. The summed E-state index contributed by atoms with van der Waals surface area (Å²) < 4.78 is 22.7. The quantitative estimate of drug-likeness (QED) is 0.372. The van der Waals surface area contributed by atoms with E-state index >= 15 is 0 Å². The van der Waals surface area contributed by atoms with Crippen molar-refractivity contribution in [3.05, 3.63) is 84.2 Å². The number of halogens is 1. The average Bonchev–Trinajstić information content (AvgIpc) is 3.76. The van der Waals surface area contributed by atoms with Crippen molar-refractivity contribution in [2.75, 3.05) is 18.7 Å². The molecule has 12 nitrogen and oxygen atoms in total. The molecular formula is C29H32FN11O. The van der Waals surface area contributed by atoms with Crippen molar-refractivity contribution in [1.82, 2.24) is 45.1 Å². The van der Waals surface area contributed by atoms with Gasteiger partial charge in [-0.2, -0.15) is 4.98 Å². The molecule has 1 aromatic carbocycles. The molecule has 13 heteroatoms. The molecule has 6 heterocycles. The van der Waals surface area contributed by atoms with E-state index in [2.05, 4.69) is 42.6 Å². The number of ether oxygens (including phenoxy) is 1. The molecule has 3 aromatic heterocycles. The number of anilines is 2. The molecule has 3 aliphatic heterocycles. The fourth-order valence-corrected chi connectivity index (χ4v) is 4.89. The first-order chi connectivity index (χ1) is 20.5. The molecule has 3 aliphatic rings. The number of hydrogen-bond acceptors (Lipinski definition) is 10. The lowest BCUT2D eigenvalue weighted by Gasteiger charge is -2.34. The molecule has 0 saturated carbocycles. The van der Waals surface area contributed by atoms with E-state index in [9.17, 15) is 4.39 Å². The third-order valence-electron chi connectivity index (χ3n) is 7.01. The molecule has 0 aliphatic carbocycles. The van der Waals surface area contributed by atoms with Gasteiger partial charge in [0.2, 0.25) is 5.95 Å². The zero-order chi connectivity index (χ0) is 29.1. The number of aromatic nitrogens is 6. The number of fused-ring (bicyclic) bond motifs is 2. The number of aliphatic imine (C=N–C) groups is 1. The van der Waals surface area contributed by atoms with Crippen LogP contribution in [0.3, 0.4) is 0 Å². The Kier molecular flexibility index (Phi) is 7.75. The second kappa shape index (κ2) is 11.9. The lowest BCUT2D eigenvalue weighted by Crippen LogP contribution is -2.36. The number of nitrogens with one attached hydrogen (secondary N) is 2. The lowest BCUT2D eigenvalue weighted by atomic mass is 10.1. The van der Waals surface area contributed by atoms with Gasteiger partial charge >= 0.3 is 0 Å². The lowest BCUT2D eigenvalue weighted by molar-refractivity contribution is 0.270. The Labute approximate surface area is 242 Å². The van der Waals surface area contributed by atoms with Gasteiger partial charge in [-0.1, -0.05) is 0 Å². The number of pyridine rings is 1. The maximum Gasteiger partial charge on any atom is 0.229 e. The molecule has 1 saturated heterocycles. The highest BCUT2D eigenvalue weighted by Gasteiger charge is 2.27. The third kappa shape index (κ3) is 5.78. The summed E-state index contributed by atoms with van der Waals surface area (Å²) in [7, 11) is 1.62. The first-order valence-corrected chi connectivity index (χ1v) is 13.7. The maximum atomic E-state index is 13.4. The maximum absolute atomic E-state index is 13.4. The molecule has 0 amide bonds. The van der Waals surface area contributed by atoms with Crippen LogP contribution in [0.5, 0.6) is 5.75 Å². The molecule has 216 valence electrons. The topological polar surface area (TPSA) is 114 Å². The largest absolute Gasteiger partial charge is 0.493 e. The summed E-state index contributed by atoms with van der Waals surface area (Å²) in [5.74, 6) is 2.41. The minimum Gasteiger partial charge on any atom is -0.493 e. The SMILES string of the molecule is C1=CN2NCNC2N=C1.COc1cc(/C=C/c2nc3n(n2)CC[C@H](C)N3c2ccc(F)cc2)cnc1-n1cnc(C)c1. The Morgan fingerprint density at radius 2 is 2.00 bits per heavy atom. The van der Waals surface area contributed by atoms with Gasteiger partial charge < -0.3 is 9.64 Å². The fraction of sp³-hybridized carbons (Fsp3) is 0.276. The van der Waals surface area contributed by atoms with E-state index in [0.29, 0.717) is 17.4 Å². The van der Waals surface area contributed by atoms with Crippen molar-refractivity contribution >= 4 is 30.0 Å². The fourth-order valence-electron chi connectivity index (χ4n) is 4.89. The normalized spacial score (nSPS) is 19.0. The minimum absolute atomic E-state index is 0.120. The van der Waals surface area contributed by atoms with Crippen LogP contribution >= 0.6 is 0 Å². The molecule has 0 bridgehead atoms. The number of nitrogens with zero attached hydrogens (tertiary/aromatic N) is 9. The number of benzene rings is 1. The van der Waals surface area contributed by atoms with Crippen molar-refractivity contribution in [2.45, 2.75) is 39.1 Å². The highest BCUT2D eigenvalue weighted by atomic mass is 19.1. The summed E-state index contributed by atoms with van der Waals surface area (Å²) in [5, 5.41) is 9.70. The molecule has 1 fully saturated rings. The highest BCUT2D eigenvalue weighted by molar-refractivity contribution is 5.72. The van der Waals surface area contributed by atoms with Crippen molar-refractivity contribution in [3.8, 4) is 11.6 Å². The third-order valence-corrected chi connectivity index (χ3v) is 7.01. The van der Waals surface area contributed by atoms with Gasteiger partial charge in [-0.3, -0.25) is 19.9 Å². The number of hydrazine groups is 1. The van der Waals surface area contributed by atoms with Gasteiger partial charge in [0.1, 0.15) is 12.1 Å². The number of hydrogen-bond donors (Lipinski definition) is 2. The van der Waals surface area contributed by atoms with Crippen molar-refractivity contribution in [1.29, 1.82) is 0 Å². The summed E-state index contributed by atoms with van der Waals surface area (Å²) in [6.07, 6.45) is 15.8. The van der Waals surface area contributed by atoms with Gasteiger partial charge in [-0.15, -0.1) is 5.10 Å². The van der Waals surface area contributed by atoms with E-state index in [4.69, 9.17) is 9.72 Å². The predicted molar refractivity (Wildman–Crippen MR) is 159 cm³/mol. The van der Waals surface area contributed by atoms with E-state index in [1.54, 1.807) is 38.0 Å². The van der Waals surface area contributed by atoms with Gasteiger partial charge in [0.05, 0.1) is 19.5 Å². The molecule has 42 heavy (non-hydrogen) atoms. The summed E-state index contributed by atoms with van der Waals surface area (Å²) >= 11 is 0. The van der Waals surface area contributed by atoms with Crippen molar-refractivity contribution in [3.63, 3.8) is 0 Å². The van der Waals surface area contributed by atoms with Crippen LogP contribution in [0.25, 0.3) is 18.0 Å². The van der Waals surface area contributed by atoms with Crippen molar-refractivity contribution < 1.29 is 9.13 Å². The van der Waals surface area contributed by atoms with Crippen LogP contribution < -0.4 is 20.4 Å². The first kappa shape index (κ1) is 27.3. The second-order valence-electron chi connectivity index (χ2n) is 9.99. The number of methoxy groups -OCH3 is 1. The zero-order valence-electron chi connectivity index (χ0n) is 23.6. The summed E-state index contributed by atoms with van der Waals surface area (Å²) in [6.45, 7) is 5.64. The molecule has 1 unspecified atom stereocenters. The second-order valence-corrected chi connectivity index (χ2v) is 9.99. The number of imidazole rings is 1. The molecule has 2 atom stereocenters. The average molecular weight is 570 g/mol. The Balaban J connectivity index is 0.000000296. The van der Waals surface area contributed by atoms with Crippen LogP contribution in [0, 0.1) is 12.7 Å². The molecule has 0 spiro atoms. The van der Waals surface area contributed by atoms with Crippen molar-refractivity contribution in [2.24, 2.45) is 4.99 Å². The molecule has 2 N–H and O–H groups in total. The zero-order valence-corrected chi connectivity index (χ0v) is 23.6. The molecular weight excluding hydrogens is 537 g/mol. The summed E-state index contributed by atoms with van der Waals surface area (Å²) in [6, 6.07) is 8.62. The number of rotatable bonds is 5. The monoisotopic (exact) mass is 569 g/mol. The van der Waals surface area contributed by atoms with Crippen LogP contribution in [-0.2, 0) is 6.54 Å². The van der Waals surface area contributed by atoms with Gasteiger partial charge in [-0.25, -0.2) is 24.5 Å². The molecule has 0 radical (unpaired) electrons. The van der Waals surface area contributed by atoms with Gasteiger partial charge in [0.15, 0.2) is 23.7 Å². The Bertz CT molecular complexity index is 1610. The van der Waals surface area contributed by atoms with Crippen LogP contribution in [0.1, 0.15) is 30.4 Å². The van der Waals surface area contributed by atoms with Gasteiger partial charge in [-0.05, 0) is 74.4 Å². The predicted octanol–water partition coefficient (Wildman–Crippen LogP) is 3.65. The van der Waals surface area contributed by atoms with Gasteiger partial charge in [0.25, 0.3) is 0 Å². The van der Waals surface area contributed by atoms with E-state index in [-0.39, 0.29) is 18.1 Å². The van der Waals surface area contributed by atoms with Gasteiger partial charge in [0, 0.05) is 43.1 Å². The van der Waals surface area contributed by atoms with E-state index in [1.807, 2.05) is 57.9 Å². The van der Waals surface area contributed by atoms with Crippen LogP contribution in [-0.4, -0.2) is 66.6 Å². The Morgan fingerprint density at radius 3 is 2.76 bits per heavy atom. The van der Waals surface area contributed by atoms with E-state index < -0.39 is 0 Å². The minimum atomic E-state index is -0.258. The molecule has 7 rings (SSSR count). The number of allylic oxidation sites excluding steroid dienone is 1.